The molecule has 134 valence electrons. The van der Waals surface area contributed by atoms with Gasteiger partial charge < -0.3 is 19.0 Å². The van der Waals surface area contributed by atoms with Gasteiger partial charge >= 0.3 is 0 Å². The van der Waals surface area contributed by atoms with Crippen LogP contribution in [0, 0.1) is 11.8 Å². The smallest absolute Gasteiger partial charge is 0.290 e. The number of carbonyl (C=O) groups excluding carboxylic acids is 2. The Hall–Kier alpha value is -2.41. The molecule has 1 amide bonds. The van der Waals surface area contributed by atoms with Gasteiger partial charge in [0.2, 0.25) is 5.78 Å². The zero-order valence-electron chi connectivity index (χ0n) is 14.5. The summed E-state index contributed by atoms with van der Waals surface area (Å²) in [4.78, 5) is 30.7. The highest BCUT2D eigenvalue weighted by molar-refractivity contribution is 6.39. The quantitative estimate of drug-likeness (QED) is 0.773. The zero-order valence-corrected chi connectivity index (χ0v) is 14.5. The minimum absolute atomic E-state index is 0.0165. The maximum Gasteiger partial charge on any atom is 0.290 e. The molecule has 2 unspecified atom stereocenters. The number of hydrogen-bond acceptors (Lipinski definition) is 5. The van der Waals surface area contributed by atoms with E-state index >= 15 is 0 Å². The highest BCUT2D eigenvalue weighted by atomic mass is 16.4. The molecule has 2 aromatic heterocycles. The minimum atomic E-state index is -0.448. The van der Waals surface area contributed by atoms with Gasteiger partial charge in [0.05, 0.1) is 12.2 Å². The number of Topliss-reactive ketones (excluding diaryl/α,β-unsaturated/α-hetero) is 1. The number of ketones is 1. The largest absolute Gasteiger partial charge is 0.461 e. The van der Waals surface area contributed by atoms with E-state index in [1.165, 1.54) is 0 Å². The van der Waals surface area contributed by atoms with E-state index < -0.39 is 17.9 Å². The molecule has 7 nitrogen and oxygen atoms in total. The van der Waals surface area contributed by atoms with Gasteiger partial charge in [-0.3, -0.25) is 9.59 Å². The Bertz CT molecular complexity index is 735. The Morgan fingerprint density at radius 2 is 2.08 bits per heavy atom. The molecule has 1 N–H and O–H groups in total. The summed E-state index contributed by atoms with van der Waals surface area (Å²) in [5, 5.41) is 9.24. The van der Waals surface area contributed by atoms with E-state index in [9.17, 15) is 14.7 Å². The van der Waals surface area contributed by atoms with Crippen molar-refractivity contribution in [3.8, 4) is 0 Å². The summed E-state index contributed by atoms with van der Waals surface area (Å²) in [6.45, 7) is 4.85. The molecular formula is C18H23N3O4. The summed E-state index contributed by atoms with van der Waals surface area (Å²) in [7, 11) is 0. The first-order valence-corrected chi connectivity index (χ1v) is 8.53. The maximum atomic E-state index is 12.5. The fraction of sp³-hybridized carbons (Fsp3) is 0.500. The summed E-state index contributed by atoms with van der Waals surface area (Å²) in [6.07, 6.45) is 6.02. The van der Waals surface area contributed by atoms with Crippen LogP contribution in [0.1, 0.15) is 37.8 Å². The first-order chi connectivity index (χ1) is 12.0. The van der Waals surface area contributed by atoms with E-state index in [-0.39, 0.29) is 18.3 Å². The summed E-state index contributed by atoms with van der Waals surface area (Å²) >= 11 is 0. The molecule has 3 rings (SSSR count). The highest BCUT2D eigenvalue weighted by Crippen LogP contribution is 2.40. The van der Waals surface area contributed by atoms with Crippen LogP contribution >= 0.6 is 0 Å². The average Bonchev–Trinajstić information content (AvgIpc) is 3.30. The standard InChI is InChI=1S/C18H23N3O4/c1-12(2)15-16(14-5-4-13(10-22)25-14)21(18(24)17(15)23)8-3-7-20-9-6-19-11-20/h4-6,9,11-12,15-16,22H,3,7-8,10H2,1-2H3. The third kappa shape index (κ3) is 3.37. The molecule has 7 heteroatoms. The molecule has 25 heavy (non-hydrogen) atoms. The van der Waals surface area contributed by atoms with Gasteiger partial charge in [-0.1, -0.05) is 13.8 Å². The van der Waals surface area contributed by atoms with Gasteiger partial charge in [0.1, 0.15) is 24.2 Å². The highest BCUT2D eigenvalue weighted by Gasteiger charge is 2.50. The molecule has 1 aliphatic rings. The van der Waals surface area contributed by atoms with Crippen molar-refractivity contribution >= 4 is 11.7 Å². The summed E-state index contributed by atoms with van der Waals surface area (Å²) < 4.78 is 7.60. The topological polar surface area (TPSA) is 88.6 Å². The van der Waals surface area contributed by atoms with E-state index in [1.54, 1.807) is 29.6 Å². The van der Waals surface area contributed by atoms with Crippen LogP contribution in [0.4, 0.5) is 0 Å². The third-order valence-electron chi connectivity index (χ3n) is 4.67. The van der Waals surface area contributed by atoms with Crippen molar-refractivity contribution in [2.24, 2.45) is 11.8 Å². The second kappa shape index (κ2) is 7.23. The SMILES string of the molecule is CC(C)C1C(=O)C(=O)N(CCCn2ccnc2)C1c1ccc(CO)o1. The van der Waals surface area contributed by atoms with Crippen molar-refractivity contribution < 1.29 is 19.1 Å². The zero-order chi connectivity index (χ0) is 18.0. The van der Waals surface area contributed by atoms with Crippen LogP contribution in [0.2, 0.25) is 0 Å². The van der Waals surface area contributed by atoms with Crippen molar-refractivity contribution in [3.05, 3.63) is 42.4 Å². The Balaban J connectivity index is 1.81. The fourth-order valence-corrected chi connectivity index (χ4v) is 3.47. The molecule has 2 atom stereocenters. The van der Waals surface area contributed by atoms with E-state index in [4.69, 9.17) is 4.42 Å². The van der Waals surface area contributed by atoms with Gasteiger partial charge in [0.15, 0.2) is 0 Å². The number of rotatable bonds is 7. The van der Waals surface area contributed by atoms with E-state index in [1.807, 2.05) is 24.6 Å². The average molecular weight is 345 g/mol. The van der Waals surface area contributed by atoms with Crippen LogP contribution in [0.5, 0.6) is 0 Å². The number of carbonyl (C=O) groups is 2. The number of aliphatic hydroxyl groups is 1. The first kappa shape index (κ1) is 17.4. The number of imidazole rings is 1. The molecule has 0 saturated carbocycles. The molecule has 0 spiro atoms. The van der Waals surface area contributed by atoms with Crippen molar-refractivity contribution in [3.63, 3.8) is 0 Å². The lowest BCUT2D eigenvalue weighted by Crippen LogP contribution is -2.31. The third-order valence-corrected chi connectivity index (χ3v) is 4.67. The molecule has 3 heterocycles. The van der Waals surface area contributed by atoms with Gasteiger partial charge in [-0.2, -0.15) is 0 Å². The predicted molar refractivity (Wildman–Crippen MR) is 89.3 cm³/mol. The molecule has 0 aromatic carbocycles. The number of aliphatic hydroxyl groups excluding tert-OH is 1. The van der Waals surface area contributed by atoms with Crippen LogP contribution in [0.15, 0.2) is 35.3 Å². The van der Waals surface area contributed by atoms with Gasteiger partial charge in [-0.05, 0) is 24.5 Å². The lowest BCUT2D eigenvalue weighted by Gasteiger charge is -2.27. The van der Waals surface area contributed by atoms with Crippen molar-refractivity contribution in [1.29, 1.82) is 0 Å². The lowest BCUT2D eigenvalue weighted by atomic mass is 9.86. The molecule has 0 bridgehead atoms. The lowest BCUT2D eigenvalue weighted by molar-refractivity contribution is -0.141. The number of amides is 1. The molecule has 1 aliphatic heterocycles. The van der Waals surface area contributed by atoms with Crippen molar-refractivity contribution in [2.75, 3.05) is 6.54 Å². The van der Waals surface area contributed by atoms with Crippen LogP contribution in [0.25, 0.3) is 0 Å². The fourth-order valence-electron chi connectivity index (χ4n) is 3.47. The molecule has 1 saturated heterocycles. The molecule has 1 fully saturated rings. The van der Waals surface area contributed by atoms with Gasteiger partial charge in [0, 0.05) is 25.5 Å². The van der Waals surface area contributed by atoms with Crippen LogP contribution in [-0.2, 0) is 22.7 Å². The summed E-state index contributed by atoms with van der Waals surface area (Å²) in [5.41, 5.74) is 0. The Labute approximate surface area is 146 Å². The van der Waals surface area contributed by atoms with E-state index in [0.29, 0.717) is 24.5 Å². The second-order valence-electron chi connectivity index (χ2n) is 6.69. The Morgan fingerprint density at radius 1 is 1.28 bits per heavy atom. The van der Waals surface area contributed by atoms with Crippen LogP contribution in [0.3, 0.4) is 0 Å². The van der Waals surface area contributed by atoms with Crippen molar-refractivity contribution in [1.82, 2.24) is 14.5 Å². The van der Waals surface area contributed by atoms with Gasteiger partial charge in [-0.15, -0.1) is 0 Å². The Morgan fingerprint density at radius 3 is 2.68 bits per heavy atom. The summed E-state index contributed by atoms with van der Waals surface area (Å²) in [5.74, 6) is -0.227. The molecule has 0 aliphatic carbocycles. The van der Waals surface area contributed by atoms with Gasteiger partial charge in [0.25, 0.3) is 5.91 Å². The number of hydrogen-bond donors (Lipinski definition) is 1. The predicted octanol–water partition coefficient (Wildman–Crippen LogP) is 1.78. The van der Waals surface area contributed by atoms with E-state index in [0.717, 1.165) is 6.54 Å². The molecule has 2 aromatic rings. The minimum Gasteiger partial charge on any atom is -0.461 e. The summed E-state index contributed by atoms with van der Waals surface area (Å²) in [6, 6.07) is 3.02. The monoisotopic (exact) mass is 345 g/mol. The van der Waals surface area contributed by atoms with Crippen molar-refractivity contribution in [2.45, 2.75) is 39.5 Å². The molecular weight excluding hydrogens is 322 g/mol. The number of aryl methyl sites for hydroxylation is 1. The number of aromatic nitrogens is 2. The Kier molecular flexibility index (Phi) is 5.03. The molecule has 0 radical (unpaired) electrons. The van der Waals surface area contributed by atoms with Crippen LogP contribution < -0.4 is 0 Å². The number of likely N-dealkylation sites (tertiary alicyclic amines) is 1. The van der Waals surface area contributed by atoms with Gasteiger partial charge in [-0.25, -0.2) is 4.98 Å². The second-order valence-corrected chi connectivity index (χ2v) is 6.69. The van der Waals surface area contributed by atoms with E-state index in [2.05, 4.69) is 4.98 Å². The van der Waals surface area contributed by atoms with Crippen LogP contribution in [-0.4, -0.2) is 37.8 Å². The maximum absolute atomic E-state index is 12.5. The number of nitrogens with zero attached hydrogens (tertiary/aromatic N) is 3. The normalized spacial score (nSPS) is 20.9. The first-order valence-electron chi connectivity index (χ1n) is 8.53. The number of furan rings is 1.